The number of nitrogens with one attached hydrogen (secondary N) is 2. The monoisotopic (exact) mass is 393 g/mol. The zero-order valence-electron chi connectivity index (χ0n) is 15.9. The van der Waals surface area contributed by atoms with Gasteiger partial charge in [-0.1, -0.05) is 30.3 Å². The average molecular weight is 393 g/mol. The largest absolute Gasteiger partial charge is 0.496 e. The first-order chi connectivity index (χ1) is 13.5. The second-order valence-corrected chi connectivity index (χ2v) is 5.85. The molecule has 8 heteroatoms. The number of para-hydroxylation sites is 1. The molecular formula is C20H25F2N3O3. The van der Waals surface area contributed by atoms with E-state index in [1.54, 1.807) is 19.2 Å². The van der Waals surface area contributed by atoms with Gasteiger partial charge < -0.3 is 25.2 Å². The number of hydrogen-bond acceptors (Lipinski definition) is 4. The molecule has 0 aliphatic carbocycles. The molecule has 0 fully saturated rings. The van der Waals surface area contributed by atoms with E-state index < -0.39 is 12.7 Å². The van der Waals surface area contributed by atoms with Gasteiger partial charge in [0.05, 0.1) is 19.8 Å². The first-order valence-electron chi connectivity index (χ1n) is 8.90. The van der Waals surface area contributed by atoms with Crippen molar-refractivity contribution in [1.82, 2.24) is 10.6 Å². The van der Waals surface area contributed by atoms with Crippen LogP contribution in [0.4, 0.5) is 8.78 Å². The predicted molar refractivity (Wildman–Crippen MR) is 104 cm³/mol. The summed E-state index contributed by atoms with van der Waals surface area (Å²) in [5, 5.41) is 16.5. The van der Waals surface area contributed by atoms with Gasteiger partial charge in [0.25, 0.3) is 0 Å². The first-order valence-corrected chi connectivity index (χ1v) is 8.90. The zero-order valence-corrected chi connectivity index (χ0v) is 15.9. The van der Waals surface area contributed by atoms with Gasteiger partial charge in [-0.15, -0.1) is 0 Å². The third-order valence-electron chi connectivity index (χ3n) is 3.90. The van der Waals surface area contributed by atoms with E-state index in [1.165, 1.54) is 12.1 Å². The van der Waals surface area contributed by atoms with E-state index in [2.05, 4.69) is 20.4 Å². The van der Waals surface area contributed by atoms with Crippen LogP contribution in [0, 0.1) is 0 Å². The lowest BCUT2D eigenvalue weighted by Crippen LogP contribution is -2.39. The van der Waals surface area contributed by atoms with Crippen LogP contribution >= 0.6 is 0 Å². The van der Waals surface area contributed by atoms with Gasteiger partial charge in [-0.3, -0.25) is 0 Å². The molecule has 0 aliphatic rings. The van der Waals surface area contributed by atoms with Crippen LogP contribution in [0.25, 0.3) is 0 Å². The maximum Gasteiger partial charge on any atom is 0.387 e. The average Bonchev–Trinajstić information content (AvgIpc) is 2.70. The molecule has 0 heterocycles. The Morgan fingerprint density at radius 1 is 1.11 bits per heavy atom. The lowest BCUT2D eigenvalue weighted by atomic mass is 10.1. The molecule has 152 valence electrons. The molecule has 0 aliphatic heterocycles. The van der Waals surface area contributed by atoms with Gasteiger partial charge in [0.2, 0.25) is 0 Å². The molecule has 2 aromatic rings. The molecule has 0 saturated carbocycles. The molecule has 3 N–H and O–H groups in total. The number of benzene rings is 2. The molecule has 0 spiro atoms. The van der Waals surface area contributed by atoms with Crippen LogP contribution in [0.15, 0.2) is 53.5 Å². The van der Waals surface area contributed by atoms with Crippen LogP contribution in [0.3, 0.4) is 0 Å². The molecule has 0 radical (unpaired) electrons. The molecule has 6 nitrogen and oxygen atoms in total. The summed E-state index contributed by atoms with van der Waals surface area (Å²) in [4.78, 5) is 4.50. The van der Waals surface area contributed by atoms with E-state index in [0.29, 0.717) is 24.6 Å². The van der Waals surface area contributed by atoms with E-state index in [-0.39, 0.29) is 12.3 Å². The summed E-state index contributed by atoms with van der Waals surface area (Å²) in [6, 6.07) is 13.5. The van der Waals surface area contributed by atoms with Crippen molar-refractivity contribution >= 4 is 5.96 Å². The molecular weight excluding hydrogens is 368 g/mol. The summed E-state index contributed by atoms with van der Waals surface area (Å²) in [5.74, 6) is 1.35. The number of aliphatic hydroxyl groups is 1. The minimum Gasteiger partial charge on any atom is -0.496 e. The number of aliphatic imine (C=N–C) groups is 1. The normalized spacial score (nSPS) is 12.6. The molecule has 28 heavy (non-hydrogen) atoms. The van der Waals surface area contributed by atoms with E-state index in [0.717, 1.165) is 11.3 Å². The number of methoxy groups -OCH3 is 1. The van der Waals surface area contributed by atoms with Crippen LogP contribution in [0.1, 0.15) is 24.2 Å². The van der Waals surface area contributed by atoms with Gasteiger partial charge in [0.15, 0.2) is 5.96 Å². The van der Waals surface area contributed by atoms with E-state index in [1.807, 2.05) is 31.2 Å². The van der Waals surface area contributed by atoms with Gasteiger partial charge in [0.1, 0.15) is 11.5 Å². The molecule has 2 aromatic carbocycles. The second-order valence-electron chi connectivity index (χ2n) is 5.85. The Labute approximate surface area is 163 Å². The maximum absolute atomic E-state index is 12.2. The molecule has 1 atom stereocenters. The van der Waals surface area contributed by atoms with Gasteiger partial charge in [-0.25, -0.2) is 4.99 Å². The smallest absolute Gasteiger partial charge is 0.387 e. The SMILES string of the molecule is CCNC(=NCc1ccccc1OC)NCC(O)c1ccc(OC(F)F)cc1. The quantitative estimate of drug-likeness (QED) is 0.451. The molecule has 0 saturated heterocycles. The van der Waals surface area contributed by atoms with Crippen LogP contribution in [0.5, 0.6) is 11.5 Å². The summed E-state index contributed by atoms with van der Waals surface area (Å²) < 4.78 is 34.0. The van der Waals surface area contributed by atoms with Gasteiger partial charge >= 0.3 is 6.61 Å². The summed E-state index contributed by atoms with van der Waals surface area (Å²) in [7, 11) is 1.61. The summed E-state index contributed by atoms with van der Waals surface area (Å²) >= 11 is 0. The van der Waals surface area contributed by atoms with Crippen LogP contribution in [-0.2, 0) is 6.54 Å². The molecule has 0 amide bonds. The van der Waals surface area contributed by atoms with Crippen LogP contribution in [-0.4, -0.2) is 37.9 Å². The highest BCUT2D eigenvalue weighted by Gasteiger charge is 2.10. The summed E-state index contributed by atoms with van der Waals surface area (Å²) in [5.41, 5.74) is 1.52. The predicted octanol–water partition coefficient (Wildman–Crippen LogP) is 3.09. The van der Waals surface area contributed by atoms with E-state index in [4.69, 9.17) is 4.74 Å². The van der Waals surface area contributed by atoms with E-state index in [9.17, 15) is 13.9 Å². The Bertz CT molecular complexity index is 755. The Balaban J connectivity index is 1.96. The Hall–Kier alpha value is -2.87. The Kier molecular flexibility index (Phi) is 8.48. The third kappa shape index (κ3) is 6.70. The van der Waals surface area contributed by atoms with Gasteiger partial charge in [-0.2, -0.15) is 8.78 Å². The number of guanidine groups is 1. The minimum atomic E-state index is -2.88. The molecule has 1 unspecified atom stereocenters. The number of halogens is 2. The Morgan fingerprint density at radius 2 is 1.82 bits per heavy atom. The fourth-order valence-electron chi connectivity index (χ4n) is 2.52. The van der Waals surface area contributed by atoms with Crippen molar-refractivity contribution in [3.63, 3.8) is 0 Å². The fourth-order valence-corrected chi connectivity index (χ4v) is 2.52. The number of ether oxygens (including phenoxy) is 2. The first kappa shape index (κ1) is 21.4. The van der Waals surface area contributed by atoms with Crippen LogP contribution < -0.4 is 20.1 Å². The number of alkyl halides is 2. The van der Waals surface area contributed by atoms with Crippen molar-refractivity contribution in [2.75, 3.05) is 20.2 Å². The van der Waals surface area contributed by atoms with Crippen molar-refractivity contribution < 1.29 is 23.4 Å². The van der Waals surface area contributed by atoms with Gasteiger partial charge in [0, 0.05) is 18.7 Å². The number of aliphatic hydroxyl groups excluding tert-OH is 1. The van der Waals surface area contributed by atoms with E-state index >= 15 is 0 Å². The van der Waals surface area contributed by atoms with Crippen molar-refractivity contribution in [1.29, 1.82) is 0 Å². The fraction of sp³-hybridized carbons (Fsp3) is 0.350. The van der Waals surface area contributed by atoms with Gasteiger partial charge in [-0.05, 0) is 30.7 Å². The number of rotatable bonds is 9. The topological polar surface area (TPSA) is 75.1 Å². The summed E-state index contributed by atoms with van der Waals surface area (Å²) in [6.07, 6.45) is -0.837. The van der Waals surface area contributed by atoms with Crippen molar-refractivity contribution in [3.8, 4) is 11.5 Å². The zero-order chi connectivity index (χ0) is 20.4. The molecule has 2 rings (SSSR count). The highest BCUT2D eigenvalue weighted by molar-refractivity contribution is 5.79. The standard InChI is InChI=1S/C20H25F2N3O3/c1-3-23-20(24-12-15-6-4-5-7-18(15)27-2)25-13-17(26)14-8-10-16(11-9-14)28-19(21)22/h4-11,17,19,26H,3,12-13H2,1-2H3,(H2,23,24,25). The molecule has 0 aromatic heterocycles. The highest BCUT2D eigenvalue weighted by Crippen LogP contribution is 2.19. The lowest BCUT2D eigenvalue weighted by Gasteiger charge is -2.16. The maximum atomic E-state index is 12.2. The highest BCUT2D eigenvalue weighted by atomic mass is 19.3. The number of hydrogen-bond donors (Lipinski definition) is 3. The molecule has 0 bridgehead atoms. The minimum absolute atomic E-state index is 0.0469. The Morgan fingerprint density at radius 3 is 2.46 bits per heavy atom. The van der Waals surface area contributed by atoms with Crippen LogP contribution in [0.2, 0.25) is 0 Å². The lowest BCUT2D eigenvalue weighted by molar-refractivity contribution is -0.0498. The third-order valence-corrected chi connectivity index (χ3v) is 3.90. The summed E-state index contributed by atoms with van der Waals surface area (Å²) in [6.45, 7) is 0.341. The van der Waals surface area contributed by atoms with Crippen molar-refractivity contribution in [2.24, 2.45) is 4.99 Å². The second kappa shape index (κ2) is 11.1. The van der Waals surface area contributed by atoms with Crippen molar-refractivity contribution in [3.05, 3.63) is 59.7 Å². The van der Waals surface area contributed by atoms with Crippen molar-refractivity contribution in [2.45, 2.75) is 26.2 Å². The number of nitrogens with zero attached hydrogens (tertiary/aromatic N) is 1.